The molecule has 5 heteroatoms. The Hall–Kier alpha value is -1.91. The molecular formula is C12H15O5-. The average Bonchev–Trinajstić information content (AvgIpc) is 2.34. The molecule has 0 atom stereocenters. The number of hydrogen-bond acceptors (Lipinski definition) is 5. The van der Waals surface area contributed by atoms with Crippen molar-refractivity contribution >= 4 is 5.97 Å². The SMILES string of the molecule is COc1cc(CCC(=O)[O-])cc(OC)c1OC. The zero-order valence-electron chi connectivity index (χ0n) is 10.1. The first-order chi connectivity index (χ1) is 8.12. The van der Waals surface area contributed by atoms with Crippen molar-refractivity contribution in [1.82, 2.24) is 0 Å². The molecule has 0 saturated heterocycles. The molecule has 1 aromatic rings. The van der Waals surface area contributed by atoms with E-state index in [4.69, 9.17) is 14.2 Å². The summed E-state index contributed by atoms with van der Waals surface area (Å²) in [7, 11) is 4.54. The third-order valence-electron chi connectivity index (χ3n) is 2.34. The second kappa shape index (κ2) is 5.98. The fourth-order valence-electron chi connectivity index (χ4n) is 1.53. The van der Waals surface area contributed by atoms with E-state index in [-0.39, 0.29) is 6.42 Å². The number of carboxylic acid groups (broad SMARTS) is 1. The van der Waals surface area contributed by atoms with E-state index in [9.17, 15) is 9.90 Å². The molecule has 0 aliphatic rings. The van der Waals surface area contributed by atoms with Crippen LogP contribution in [-0.4, -0.2) is 27.3 Å². The number of benzene rings is 1. The number of carbonyl (C=O) groups is 1. The molecule has 17 heavy (non-hydrogen) atoms. The topological polar surface area (TPSA) is 67.8 Å². The number of hydrogen-bond donors (Lipinski definition) is 0. The van der Waals surface area contributed by atoms with Gasteiger partial charge in [0.1, 0.15) is 0 Å². The highest BCUT2D eigenvalue weighted by Crippen LogP contribution is 2.38. The van der Waals surface area contributed by atoms with Gasteiger partial charge in [0.25, 0.3) is 0 Å². The molecular weight excluding hydrogens is 224 g/mol. The van der Waals surface area contributed by atoms with Crippen molar-refractivity contribution in [3.05, 3.63) is 17.7 Å². The summed E-state index contributed by atoms with van der Waals surface area (Å²) >= 11 is 0. The maximum Gasteiger partial charge on any atom is 0.203 e. The second-order valence-corrected chi connectivity index (χ2v) is 3.41. The molecule has 0 aromatic heterocycles. The number of carbonyl (C=O) groups excluding carboxylic acids is 1. The predicted octanol–water partition coefficient (Wildman–Crippen LogP) is 0.395. The summed E-state index contributed by atoms with van der Waals surface area (Å²) in [5, 5.41) is 10.4. The number of rotatable bonds is 6. The largest absolute Gasteiger partial charge is 0.550 e. The predicted molar refractivity (Wildman–Crippen MR) is 59.4 cm³/mol. The lowest BCUT2D eigenvalue weighted by molar-refractivity contribution is -0.305. The molecule has 0 spiro atoms. The summed E-state index contributed by atoms with van der Waals surface area (Å²) in [4.78, 5) is 10.4. The zero-order valence-corrected chi connectivity index (χ0v) is 10.1. The van der Waals surface area contributed by atoms with E-state index in [1.165, 1.54) is 21.3 Å². The van der Waals surface area contributed by atoms with Gasteiger partial charge >= 0.3 is 0 Å². The Morgan fingerprint density at radius 2 is 1.65 bits per heavy atom. The van der Waals surface area contributed by atoms with Gasteiger partial charge in [0.05, 0.1) is 21.3 Å². The van der Waals surface area contributed by atoms with E-state index in [1.807, 2.05) is 0 Å². The first-order valence-corrected chi connectivity index (χ1v) is 5.11. The summed E-state index contributed by atoms with van der Waals surface area (Å²) in [6.07, 6.45) is 0.317. The molecule has 0 N–H and O–H groups in total. The lowest BCUT2D eigenvalue weighted by Crippen LogP contribution is -2.22. The fraction of sp³-hybridized carbons (Fsp3) is 0.417. The second-order valence-electron chi connectivity index (χ2n) is 3.41. The summed E-state index contributed by atoms with van der Waals surface area (Å²) in [6.45, 7) is 0. The Morgan fingerprint density at radius 3 is 2.00 bits per heavy atom. The van der Waals surface area contributed by atoms with Crippen molar-refractivity contribution in [2.75, 3.05) is 21.3 Å². The lowest BCUT2D eigenvalue weighted by Gasteiger charge is -2.14. The van der Waals surface area contributed by atoms with Crippen molar-refractivity contribution < 1.29 is 24.1 Å². The fourth-order valence-corrected chi connectivity index (χ4v) is 1.53. The Bertz CT molecular complexity index is 375. The summed E-state index contributed by atoms with van der Waals surface area (Å²) in [5.74, 6) is 0.436. The van der Waals surface area contributed by atoms with E-state index in [0.29, 0.717) is 23.7 Å². The van der Waals surface area contributed by atoms with Crippen molar-refractivity contribution in [1.29, 1.82) is 0 Å². The highest BCUT2D eigenvalue weighted by atomic mass is 16.5. The molecule has 94 valence electrons. The minimum Gasteiger partial charge on any atom is -0.550 e. The van der Waals surface area contributed by atoms with E-state index in [1.54, 1.807) is 12.1 Å². The van der Waals surface area contributed by atoms with Gasteiger partial charge in [0.15, 0.2) is 11.5 Å². The van der Waals surface area contributed by atoms with Gasteiger partial charge in [-0.2, -0.15) is 0 Å². The van der Waals surface area contributed by atoms with Gasteiger partial charge in [-0.1, -0.05) is 0 Å². The molecule has 0 aliphatic carbocycles. The van der Waals surface area contributed by atoms with Gasteiger partial charge in [-0.25, -0.2) is 0 Å². The lowest BCUT2D eigenvalue weighted by atomic mass is 10.1. The third kappa shape index (κ3) is 3.27. The van der Waals surface area contributed by atoms with Crippen LogP contribution in [0, 0.1) is 0 Å². The Balaban J connectivity index is 3.04. The maximum absolute atomic E-state index is 10.4. The highest BCUT2D eigenvalue weighted by molar-refractivity contribution is 5.65. The molecule has 0 unspecified atom stereocenters. The molecule has 5 nitrogen and oxygen atoms in total. The van der Waals surface area contributed by atoms with Crippen LogP contribution in [0.25, 0.3) is 0 Å². The summed E-state index contributed by atoms with van der Waals surface area (Å²) in [5.41, 5.74) is 0.795. The van der Waals surface area contributed by atoms with E-state index >= 15 is 0 Å². The molecule has 0 heterocycles. The zero-order chi connectivity index (χ0) is 12.8. The van der Waals surface area contributed by atoms with E-state index in [0.717, 1.165) is 5.56 Å². The number of ether oxygens (including phenoxy) is 3. The van der Waals surface area contributed by atoms with Gasteiger partial charge in [-0.3, -0.25) is 0 Å². The number of methoxy groups -OCH3 is 3. The Kier molecular flexibility index (Phi) is 4.63. The number of aliphatic carboxylic acids is 1. The van der Waals surface area contributed by atoms with E-state index in [2.05, 4.69) is 0 Å². The average molecular weight is 239 g/mol. The molecule has 1 rings (SSSR count). The number of aryl methyl sites for hydroxylation is 1. The van der Waals surface area contributed by atoms with Crippen LogP contribution in [0.2, 0.25) is 0 Å². The minimum atomic E-state index is -1.08. The van der Waals surface area contributed by atoms with Crippen LogP contribution in [0.1, 0.15) is 12.0 Å². The van der Waals surface area contributed by atoms with Crippen molar-refractivity contribution in [3.63, 3.8) is 0 Å². The standard InChI is InChI=1S/C12H16O5/c1-15-9-6-8(4-5-11(13)14)7-10(16-2)12(9)17-3/h6-7H,4-5H2,1-3H3,(H,13,14)/p-1. The molecule has 0 aliphatic heterocycles. The van der Waals surface area contributed by atoms with Crippen LogP contribution >= 0.6 is 0 Å². The first-order valence-electron chi connectivity index (χ1n) is 5.11. The normalized spacial score (nSPS) is 9.82. The van der Waals surface area contributed by atoms with Crippen LogP contribution in [0.3, 0.4) is 0 Å². The quantitative estimate of drug-likeness (QED) is 0.718. The van der Waals surface area contributed by atoms with Gasteiger partial charge in [0.2, 0.25) is 5.75 Å². The molecule has 1 aromatic carbocycles. The van der Waals surface area contributed by atoms with Gasteiger partial charge in [-0.15, -0.1) is 0 Å². The molecule has 0 saturated carbocycles. The van der Waals surface area contributed by atoms with Gasteiger partial charge in [0, 0.05) is 5.97 Å². The van der Waals surface area contributed by atoms with Crippen molar-refractivity contribution in [3.8, 4) is 17.2 Å². The van der Waals surface area contributed by atoms with Gasteiger partial charge < -0.3 is 24.1 Å². The Labute approximate surface area is 99.9 Å². The van der Waals surface area contributed by atoms with Crippen LogP contribution in [0.5, 0.6) is 17.2 Å². The summed E-state index contributed by atoms with van der Waals surface area (Å²) < 4.78 is 15.5. The molecule has 0 bridgehead atoms. The van der Waals surface area contributed by atoms with Crippen molar-refractivity contribution in [2.24, 2.45) is 0 Å². The maximum atomic E-state index is 10.4. The minimum absolute atomic E-state index is 0.0430. The molecule has 0 amide bonds. The smallest absolute Gasteiger partial charge is 0.203 e. The van der Waals surface area contributed by atoms with Crippen LogP contribution in [0.15, 0.2) is 12.1 Å². The Morgan fingerprint density at radius 1 is 1.12 bits per heavy atom. The monoisotopic (exact) mass is 239 g/mol. The van der Waals surface area contributed by atoms with Gasteiger partial charge in [-0.05, 0) is 30.5 Å². The first kappa shape index (κ1) is 13.2. The summed E-state index contributed by atoms with van der Waals surface area (Å²) in [6, 6.07) is 3.45. The highest BCUT2D eigenvalue weighted by Gasteiger charge is 2.12. The van der Waals surface area contributed by atoms with Crippen LogP contribution < -0.4 is 19.3 Å². The van der Waals surface area contributed by atoms with Crippen molar-refractivity contribution in [2.45, 2.75) is 12.8 Å². The molecule has 0 radical (unpaired) electrons. The number of carboxylic acids is 1. The molecule has 0 fully saturated rings. The van der Waals surface area contributed by atoms with E-state index < -0.39 is 5.97 Å². The van der Waals surface area contributed by atoms with Crippen LogP contribution in [-0.2, 0) is 11.2 Å². The van der Waals surface area contributed by atoms with Crippen LogP contribution in [0.4, 0.5) is 0 Å². The third-order valence-corrected chi connectivity index (χ3v) is 2.34.